The van der Waals surface area contributed by atoms with E-state index in [1.165, 1.54) is 0 Å². The molecule has 1 saturated heterocycles. The normalized spacial score (nSPS) is 26.4. The number of aliphatic hydroxyl groups is 1. The van der Waals surface area contributed by atoms with Crippen molar-refractivity contribution in [2.75, 3.05) is 19.7 Å². The van der Waals surface area contributed by atoms with Gasteiger partial charge in [0.25, 0.3) is 0 Å². The van der Waals surface area contributed by atoms with Gasteiger partial charge in [-0.3, -0.25) is 4.79 Å². The average molecular weight is 172 g/mol. The molecule has 1 amide bonds. The molecule has 12 heavy (non-hydrogen) atoms. The Hall–Kier alpha value is -0.610. The van der Waals surface area contributed by atoms with E-state index in [2.05, 4.69) is 0 Å². The van der Waals surface area contributed by atoms with Crippen LogP contribution in [0.4, 0.5) is 0 Å². The zero-order valence-electron chi connectivity index (χ0n) is 7.36. The van der Waals surface area contributed by atoms with E-state index in [1.807, 2.05) is 6.92 Å². The minimum Gasteiger partial charge on any atom is -0.395 e. The van der Waals surface area contributed by atoms with E-state index in [9.17, 15) is 4.79 Å². The molecule has 0 radical (unpaired) electrons. The fourth-order valence-corrected chi connectivity index (χ4v) is 1.42. The van der Waals surface area contributed by atoms with Crippen molar-refractivity contribution in [3.05, 3.63) is 0 Å². The fraction of sp³-hybridized carbons (Fsp3) is 0.875. The molecule has 2 unspecified atom stereocenters. The van der Waals surface area contributed by atoms with Crippen molar-refractivity contribution < 1.29 is 9.90 Å². The first-order chi connectivity index (χ1) is 5.65. The summed E-state index contributed by atoms with van der Waals surface area (Å²) >= 11 is 0. The smallest absolute Gasteiger partial charge is 0.225 e. The molecular weight excluding hydrogens is 156 g/mol. The van der Waals surface area contributed by atoms with Crippen molar-refractivity contribution in [2.45, 2.75) is 19.4 Å². The summed E-state index contributed by atoms with van der Waals surface area (Å²) in [6.07, 6.45) is 0.914. The topological polar surface area (TPSA) is 66.6 Å². The van der Waals surface area contributed by atoms with Crippen LogP contribution in [0.1, 0.15) is 13.3 Å². The van der Waals surface area contributed by atoms with Crippen LogP contribution in [-0.4, -0.2) is 41.7 Å². The second-order valence-electron chi connectivity index (χ2n) is 3.42. The molecule has 0 aliphatic carbocycles. The molecule has 0 aromatic carbocycles. The van der Waals surface area contributed by atoms with Crippen molar-refractivity contribution >= 4 is 5.91 Å². The van der Waals surface area contributed by atoms with Gasteiger partial charge in [0.05, 0.1) is 6.61 Å². The van der Waals surface area contributed by atoms with Crippen LogP contribution in [0.15, 0.2) is 0 Å². The number of rotatable bonds is 3. The molecule has 1 rings (SSSR count). The summed E-state index contributed by atoms with van der Waals surface area (Å²) in [6.45, 7) is 3.14. The highest BCUT2D eigenvalue weighted by Gasteiger charge is 2.28. The standard InChI is InChI=1S/C8H16N2O2/c1-6-2-3-10(8(6)12)4-7(9)5-11/h6-7,11H,2-5,9H2,1H3. The van der Waals surface area contributed by atoms with Crippen molar-refractivity contribution in [3.63, 3.8) is 0 Å². The lowest BCUT2D eigenvalue weighted by molar-refractivity contribution is -0.130. The highest BCUT2D eigenvalue weighted by molar-refractivity contribution is 5.80. The lowest BCUT2D eigenvalue weighted by Crippen LogP contribution is -2.40. The second kappa shape index (κ2) is 3.87. The molecule has 0 bridgehead atoms. The Kier molecular flexibility index (Phi) is 3.05. The predicted molar refractivity (Wildman–Crippen MR) is 45.4 cm³/mol. The maximum atomic E-state index is 11.3. The molecular formula is C8H16N2O2. The van der Waals surface area contributed by atoms with Crippen LogP contribution in [0, 0.1) is 5.92 Å². The number of likely N-dealkylation sites (tertiary alicyclic amines) is 1. The Morgan fingerprint density at radius 2 is 2.50 bits per heavy atom. The van der Waals surface area contributed by atoms with Gasteiger partial charge in [0, 0.05) is 25.0 Å². The summed E-state index contributed by atoms with van der Waals surface area (Å²) in [4.78, 5) is 13.1. The number of nitrogens with two attached hydrogens (primary N) is 1. The van der Waals surface area contributed by atoms with Crippen LogP contribution in [0.3, 0.4) is 0 Å². The summed E-state index contributed by atoms with van der Waals surface area (Å²) < 4.78 is 0. The Labute approximate surface area is 72.3 Å². The van der Waals surface area contributed by atoms with E-state index in [1.54, 1.807) is 4.90 Å². The summed E-state index contributed by atoms with van der Waals surface area (Å²) in [5, 5.41) is 8.68. The minimum atomic E-state index is -0.292. The largest absolute Gasteiger partial charge is 0.395 e. The lowest BCUT2D eigenvalue weighted by atomic mass is 10.1. The highest BCUT2D eigenvalue weighted by Crippen LogP contribution is 2.16. The quantitative estimate of drug-likeness (QED) is 0.584. The van der Waals surface area contributed by atoms with Gasteiger partial charge in [0.1, 0.15) is 0 Å². The zero-order valence-corrected chi connectivity index (χ0v) is 7.36. The van der Waals surface area contributed by atoms with Gasteiger partial charge in [-0.2, -0.15) is 0 Å². The summed E-state index contributed by atoms with van der Waals surface area (Å²) in [5.41, 5.74) is 5.52. The minimum absolute atomic E-state index is 0.0574. The first-order valence-corrected chi connectivity index (χ1v) is 4.30. The van der Waals surface area contributed by atoms with Crippen LogP contribution >= 0.6 is 0 Å². The van der Waals surface area contributed by atoms with E-state index >= 15 is 0 Å². The van der Waals surface area contributed by atoms with Gasteiger partial charge >= 0.3 is 0 Å². The molecule has 1 aliphatic heterocycles. The van der Waals surface area contributed by atoms with Gasteiger partial charge in [0.2, 0.25) is 5.91 Å². The summed E-state index contributed by atoms with van der Waals surface area (Å²) in [5.74, 6) is 0.301. The van der Waals surface area contributed by atoms with E-state index in [0.29, 0.717) is 6.54 Å². The van der Waals surface area contributed by atoms with E-state index in [-0.39, 0.29) is 24.5 Å². The number of hydrogen-bond donors (Lipinski definition) is 2. The fourth-order valence-electron chi connectivity index (χ4n) is 1.42. The Balaban J connectivity index is 2.39. The number of aliphatic hydroxyl groups excluding tert-OH is 1. The Morgan fingerprint density at radius 1 is 1.83 bits per heavy atom. The van der Waals surface area contributed by atoms with Gasteiger partial charge in [-0.1, -0.05) is 6.92 Å². The number of carbonyl (C=O) groups excluding carboxylic acids is 1. The maximum Gasteiger partial charge on any atom is 0.225 e. The monoisotopic (exact) mass is 172 g/mol. The molecule has 0 spiro atoms. The Bertz CT molecular complexity index is 172. The Morgan fingerprint density at radius 3 is 2.92 bits per heavy atom. The van der Waals surface area contributed by atoms with Gasteiger partial charge < -0.3 is 15.7 Å². The van der Waals surface area contributed by atoms with Gasteiger partial charge in [-0.15, -0.1) is 0 Å². The van der Waals surface area contributed by atoms with Crippen molar-refractivity contribution in [1.29, 1.82) is 0 Å². The number of amides is 1. The molecule has 1 heterocycles. The third-order valence-electron chi connectivity index (χ3n) is 2.25. The maximum absolute atomic E-state index is 11.3. The molecule has 0 saturated carbocycles. The van der Waals surface area contributed by atoms with E-state index < -0.39 is 0 Å². The van der Waals surface area contributed by atoms with Crippen LogP contribution in [-0.2, 0) is 4.79 Å². The lowest BCUT2D eigenvalue weighted by Gasteiger charge is -2.19. The van der Waals surface area contributed by atoms with Gasteiger partial charge in [-0.25, -0.2) is 0 Å². The second-order valence-corrected chi connectivity index (χ2v) is 3.42. The molecule has 1 fully saturated rings. The van der Waals surface area contributed by atoms with Crippen molar-refractivity contribution in [1.82, 2.24) is 4.90 Å². The van der Waals surface area contributed by atoms with E-state index in [4.69, 9.17) is 10.8 Å². The van der Waals surface area contributed by atoms with Crippen LogP contribution in [0.2, 0.25) is 0 Å². The van der Waals surface area contributed by atoms with Gasteiger partial charge in [-0.05, 0) is 6.42 Å². The molecule has 0 aromatic heterocycles. The first kappa shape index (κ1) is 9.48. The zero-order chi connectivity index (χ0) is 9.14. The molecule has 3 N–H and O–H groups in total. The third-order valence-corrected chi connectivity index (χ3v) is 2.25. The van der Waals surface area contributed by atoms with E-state index in [0.717, 1.165) is 13.0 Å². The molecule has 4 nitrogen and oxygen atoms in total. The van der Waals surface area contributed by atoms with Crippen LogP contribution in [0.25, 0.3) is 0 Å². The summed E-state index contributed by atoms with van der Waals surface area (Å²) in [7, 11) is 0. The molecule has 1 aliphatic rings. The third kappa shape index (κ3) is 1.95. The molecule has 70 valence electrons. The summed E-state index contributed by atoms with van der Waals surface area (Å²) in [6, 6.07) is -0.292. The molecule has 4 heteroatoms. The first-order valence-electron chi connectivity index (χ1n) is 4.30. The number of nitrogens with zero attached hydrogens (tertiary/aromatic N) is 1. The number of carbonyl (C=O) groups is 1. The molecule has 0 aromatic rings. The predicted octanol–water partition coefficient (Wildman–Crippen LogP) is -0.826. The number of hydrogen-bond acceptors (Lipinski definition) is 3. The molecule has 2 atom stereocenters. The van der Waals surface area contributed by atoms with Crippen LogP contribution < -0.4 is 5.73 Å². The SMILES string of the molecule is CC1CCN(CC(N)CO)C1=O. The van der Waals surface area contributed by atoms with Crippen LogP contribution in [0.5, 0.6) is 0 Å². The van der Waals surface area contributed by atoms with Crippen molar-refractivity contribution in [2.24, 2.45) is 11.7 Å². The average Bonchev–Trinajstić information content (AvgIpc) is 2.36. The van der Waals surface area contributed by atoms with Crippen molar-refractivity contribution in [3.8, 4) is 0 Å². The highest BCUT2D eigenvalue weighted by atomic mass is 16.3. The van der Waals surface area contributed by atoms with Gasteiger partial charge in [0.15, 0.2) is 0 Å².